The number of nitrogens with one attached hydrogen (secondary N) is 2. The molecule has 2 aliphatic rings. The van der Waals surface area contributed by atoms with Gasteiger partial charge in [-0.1, -0.05) is 6.07 Å². The average Bonchev–Trinajstić information content (AvgIpc) is 2.82. The Morgan fingerprint density at radius 3 is 2.69 bits per heavy atom. The number of nitrogens with zero attached hydrogens (tertiary/aromatic N) is 3. The Labute approximate surface area is 188 Å². The largest absolute Gasteiger partial charge is 0.481 e. The van der Waals surface area contributed by atoms with Gasteiger partial charge in [0.25, 0.3) is 0 Å². The molecule has 2 fully saturated rings. The first-order chi connectivity index (χ1) is 15.5. The Morgan fingerprint density at radius 2 is 2.03 bits per heavy atom. The summed E-state index contributed by atoms with van der Waals surface area (Å²) in [4.78, 5) is 44.8. The molecule has 2 saturated heterocycles. The zero-order valence-corrected chi connectivity index (χ0v) is 18.4. The van der Waals surface area contributed by atoms with E-state index in [-0.39, 0.29) is 24.2 Å². The SMILES string of the molecule is N=CN1CCC(CCC(=O)N2CCC[C@@H](C(=O)N[C@@H](CC(=O)O)c3cccnc3)C2)CC1. The van der Waals surface area contributed by atoms with Crippen molar-refractivity contribution in [2.24, 2.45) is 11.8 Å². The number of carbonyl (C=O) groups excluding carboxylic acids is 2. The molecule has 0 saturated carbocycles. The number of aromatic nitrogens is 1. The second-order valence-electron chi connectivity index (χ2n) is 8.77. The van der Waals surface area contributed by atoms with Crippen LogP contribution in [0.4, 0.5) is 0 Å². The van der Waals surface area contributed by atoms with E-state index in [1.807, 2.05) is 4.90 Å². The molecule has 3 rings (SSSR count). The smallest absolute Gasteiger partial charge is 0.305 e. The van der Waals surface area contributed by atoms with Crippen LogP contribution in [0.3, 0.4) is 0 Å². The molecule has 0 aromatic carbocycles. The number of carbonyl (C=O) groups is 3. The Bertz CT molecular complexity index is 795. The average molecular weight is 444 g/mol. The molecular formula is C23H33N5O4. The van der Waals surface area contributed by atoms with Crippen LogP contribution in [-0.2, 0) is 14.4 Å². The predicted octanol–water partition coefficient (Wildman–Crippen LogP) is 2.05. The molecule has 2 amide bonds. The summed E-state index contributed by atoms with van der Waals surface area (Å²) >= 11 is 0. The minimum Gasteiger partial charge on any atom is -0.481 e. The third-order valence-electron chi connectivity index (χ3n) is 6.53. The van der Waals surface area contributed by atoms with E-state index in [1.54, 1.807) is 29.4 Å². The molecule has 2 aliphatic heterocycles. The maximum atomic E-state index is 12.9. The lowest BCUT2D eigenvalue weighted by Crippen LogP contribution is -2.46. The second kappa shape index (κ2) is 11.6. The predicted molar refractivity (Wildman–Crippen MR) is 119 cm³/mol. The van der Waals surface area contributed by atoms with Crippen LogP contribution in [-0.4, -0.2) is 70.2 Å². The summed E-state index contributed by atoms with van der Waals surface area (Å²) in [6.07, 6.45) is 9.13. The second-order valence-corrected chi connectivity index (χ2v) is 8.77. The number of carboxylic acids is 1. The standard InChI is InChI=1S/C23H33N5O4/c24-16-27-11-7-17(8-12-27)5-6-21(29)28-10-2-4-19(15-28)23(32)26-20(13-22(30)31)18-3-1-9-25-14-18/h1,3,9,14,16-17,19-20,24H,2,4-8,10-13,15H2,(H,26,32)(H,30,31)/t19-,20+/m1/s1. The van der Waals surface area contributed by atoms with Gasteiger partial charge in [0.05, 0.1) is 24.7 Å². The maximum Gasteiger partial charge on any atom is 0.305 e. The fourth-order valence-corrected chi connectivity index (χ4v) is 4.57. The topological polar surface area (TPSA) is 127 Å². The number of rotatable bonds is 9. The van der Waals surface area contributed by atoms with Gasteiger partial charge < -0.3 is 20.2 Å². The lowest BCUT2D eigenvalue weighted by atomic mass is 9.91. The molecule has 0 radical (unpaired) electrons. The molecule has 1 aromatic heterocycles. The first-order valence-corrected chi connectivity index (χ1v) is 11.4. The van der Waals surface area contributed by atoms with Crippen molar-refractivity contribution >= 4 is 24.1 Å². The number of aliphatic carboxylic acids is 1. The summed E-state index contributed by atoms with van der Waals surface area (Å²) in [6.45, 7) is 2.80. The van der Waals surface area contributed by atoms with Gasteiger partial charge in [-0.3, -0.25) is 24.8 Å². The van der Waals surface area contributed by atoms with Crippen LogP contribution in [0.5, 0.6) is 0 Å². The van der Waals surface area contributed by atoms with Crippen molar-refractivity contribution in [1.82, 2.24) is 20.1 Å². The highest BCUT2D eigenvalue weighted by Gasteiger charge is 2.30. The van der Waals surface area contributed by atoms with Crippen LogP contribution in [0.15, 0.2) is 24.5 Å². The lowest BCUT2D eigenvalue weighted by molar-refractivity contribution is -0.138. The fraction of sp³-hybridized carbons (Fsp3) is 0.609. The summed E-state index contributed by atoms with van der Waals surface area (Å²) in [6, 6.07) is 2.82. The van der Waals surface area contributed by atoms with Crippen molar-refractivity contribution in [2.45, 2.75) is 51.0 Å². The van der Waals surface area contributed by atoms with Crippen molar-refractivity contribution in [1.29, 1.82) is 5.41 Å². The van der Waals surface area contributed by atoms with Gasteiger partial charge in [0.1, 0.15) is 0 Å². The zero-order chi connectivity index (χ0) is 22.9. The van der Waals surface area contributed by atoms with E-state index in [4.69, 9.17) is 5.41 Å². The molecule has 2 atom stereocenters. The monoisotopic (exact) mass is 443 g/mol. The minimum absolute atomic E-state index is 0.0892. The molecule has 3 N–H and O–H groups in total. The number of likely N-dealkylation sites (tertiary alicyclic amines) is 2. The van der Waals surface area contributed by atoms with Gasteiger partial charge in [-0.25, -0.2) is 0 Å². The van der Waals surface area contributed by atoms with Gasteiger partial charge in [-0.15, -0.1) is 0 Å². The fourth-order valence-electron chi connectivity index (χ4n) is 4.57. The van der Waals surface area contributed by atoms with Gasteiger partial charge in [-0.05, 0) is 49.7 Å². The quantitative estimate of drug-likeness (QED) is 0.396. The molecule has 32 heavy (non-hydrogen) atoms. The van der Waals surface area contributed by atoms with E-state index >= 15 is 0 Å². The van der Waals surface area contributed by atoms with Crippen molar-refractivity contribution in [3.05, 3.63) is 30.1 Å². The summed E-state index contributed by atoms with van der Waals surface area (Å²) in [5, 5.41) is 19.4. The van der Waals surface area contributed by atoms with E-state index in [1.165, 1.54) is 6.34 Å². The van der Waals surface area contributed by atoms with Gasteiger partial charge in [0.2, 0.25) is 11.8 Å². The Kier molecular flexibility index (Phi) is 8.58. The summed E-state index contributed by atoms with van der Waals surface area (Å²) in [5.41, 5.74) is 0.654. The van der Waals surface area contributed by atoms with E-state index in [9.17, 15) is 19.5 Å². The highest BCUT2D eigenvalue weighted by Crippen LogP contribution is 2.24. The van der Waals surface area contributed by atoms with Gasteiger partial charge in [0, 0.05) is 45.0 Å². The molecule has 9 nitrogen and oxygen atoms in total. The molecule has 3 heterocycles. The van der Waals surface area contributed by atoms with Crippen molar-refractivity contribution in [3.63, 3.8) is 0 Å². The van der Waals surface area contributed by atoms with Gasteiger partial charge >= 0.3 is 5.97 Å². The lowest BCUT2D eigenvalue weighted by Gasteiger charge is -2.34. The Morgan fingerprint density at radius 1 is 1.25 bits per heavy atom. The minimum atomic E-state index is -0.994. The normalized spacial score (nSPS) is 20.4. The van der Waals surface area contributed by atoms with Gasteiger partial charge in [-0.2, -0.15) is 0 Å². The Balaban J connectivity index is 1.50. The van der Waals surface area contributed by atoms with Crippen LogP contribution in [0.1, 0.15) is 56.6 Å². The summed E-state index contributed by atoms with van der Waals surface area (Å²) < 4.78 is 0. The summed E-state index contributed by atoms with van der Waals surface area (Å²) in [5.74, 6) is -0.944. The van der Waals surface area contributed by atoms with Crippen LogP contribution >= 0.6 is 0 Å². The molecule has 0 aliphatic carbocycles. The number of pyridine rings is 1. The number of piperidine rings is 2. The molecule has 0 unspecified atom stereocenters. The van der Waals surface area contributed by atoms with Crippen molar-refractivity contribution in [2.75, 3.05) is 26.2 Å². The van der Waals surface area contributed by atoms with Gasteiger partial charge in [0.15, 0.2) is 0 Å². The first kappa shape index (κ1) is 23.7. The Hall–Kier alpha value is -2.97. The van der Waals surface area contributed by atoms with Crippen LogP contribution in [0.2, 0.25) is 0 Å². The third kappa shape index (κ3) is 6.77. The molecule has 1 aromatic rings. The van der Waals surface area contributed by atoms with E-state index in [0.717, 1.165) is 38.8 Å². The molecule has 0 bridgehead atoms. The third-order valence-corrected chi connectivity index (χ3v) is 6.53. The number of amides is 2. The highest BCUT2D eigenvalue weighted by atomic mass is 16.4. The van der Waals surface area contributed by atoms with E-state index < -0.39 is 12.0 Å². The zero-order valence-electron chi connectivity index (χ0n) is 18.4. The molecular weight excluding hydrogens is 410 g/mol. The first-order valence-electron chi connectivity index (χ1n) is 11.4. The van der Waals surface area contributed by atoms with Crippen molar-refractivity contribution in [3.8, 4) is 0 Å². The van der Waals surface area contributed by atoms with Crippen LogP contribution in [0, 0.1) is 17.2 Å². The van der Waals surface area contributed by atoms with E-state index in [0.29, 0.717) is 37.4 Å². The number of hydrogen-bond acceptors (Lipinski definition) is 5. The van der Waals surface area contributed by atoms with Crippen molar-refractivity contribution < 1.29 is 19.5 Å². The molecule has 9 heteroatoms. The maximum absolute atomic E-state index is 12.9. The summed E-state index contributed by atoms with van der Waals surface area (Å²) in [7, 11) is 0. The highest BCUT2D eigenvalue weighted by molar-refractivity contribution is 5.82. The molecule has 174 valence electrons. The number of hydrogen-bond donors (Lipinski definition) is 3. The van der Waals surface area contributed by atoms with Crippen LogP contribution < -0.4 is 5.32 Å². The number of carboxylic acid groups (broad SMARTS) is 1. The van der Waals surface area contributed by atoms with Crippen LogP contribution in [0.25, 0.3) is 0 Å². The van der Waals surface area contributed by atoms with E-state index in [2.05, 4.69) is 10.3 Å². The molecule has 0 spiro atoms.